The SMILES string of the molecule is NC(CCC=O)=Nc1cc2c(cc1NO)CCC2. The smallest absolute Gasteiger partial charge is 0.120 e. The molecule has 0 unspecified atom stereocenters. The number of fused-ring (bicyclic) bond motifs is 1. The molecule has 0 aromatic heterocycles. The maximum absolute atomic E-state index is 10.3. The van der Waals surface area contributed by atoms with Gasteiger partial charge in [-0.2, -0.15) is 0 Å². The van der Waals surface area contributed by atoms with Crippen molar-refractivity contribution >= 4 is 23.5 Å². The number of benzene rings is 1. The lowest BCUT2D eigenvalue weighted by atomic mass is 10.1. The Kier molecular flexibility index (Phi) is 3.94. The number of amidine groups is 1. The van der Waals surface area contributed by atoms with Crippen LogP contribution >= 0.6 is 0 Å². The summed E-state index contributed by atoms with van der Waals surface area (Å²) < 4.78 is 0. The molecule has 5 heteroatoms. The second-order valence-electron chi connectivity index (χ2n) is 4.41. The van der Waals surface area contributed by atoms with E-state index in [2.05, 4.69) is 10.5 Å². The highest BCUT2D eigenvalue weighted by molar-refractivity contribution is 5.86. The van der Waals surface area contributed by atoms with Crippen molar-refractivity contribution in [1.29, 1.82) is 0 Å². The third kappa shape index (κ3) is 2.68. The van der Waals surface area contributed by atoms with Crippen molar-refractivity contribution in [3.8, 4) is 0 Å². The molecule has 1 aromatic rings. The van der Waals surface area contributed by atoms with Gasteiger partial charge in [0.05, 0.1) is 11.4 Å². The fraction of sp³-hybridized carbons (Fsp3) is 0.385. The summed E-state index contributed by atoms with van der Waals surface area (Å²) in [6.45, 7) is 0. The fourth-order valence-corrected chi connectivity index (χ4v) is 2.21. The molecule has 0 aliphatic heterocycles. The summed E-state index contributed by atoms with van der Waals surface area (Å²) in [5.41, 5.74) is 11.6. The van der Waals surface area contributed by atoms with Crippen LogP contribution in [0.3, 0.4) is 0 Å². The van der Waals surface area contributed by atoms with Crippen LogP contribution in [0.5, 0.6) is 0 Å². The highest BCUT2D eigenvalue weighted by Crippen LogP contribution is 2.33. The minimum absolute atomic E-state index is 0.363. The van der Waals surface area contributed by atoms with E-state index in [9.17, 15) is 4.79 Å². The Hall–Kier alpha value is -1.88. The van der Waals surface area contributed by atoms with Crippen LogP contribution in [-0.4, -0.2) is 17.3 Å². The molecular weight excluding hydrogens is 230 g/mol. The molecule has 0 atom stereocenters. The molecule has 0 amide bonds. The van der Waals surface area contributed by atoms with E-state index in [-0.39, 0.29) is 0 Å². The van der Waals surface area contributed by atoms with Gasteiger partial charge in [-0.05, 0) is 42.5 Å². The molecule has 0 radical (unpaired) electrons. The highest BCUT2D eigenvalue weighted by Gasteiger charge is 2.14. The van der Waals surface area contributed by atoms with Crippen LogP contribution in [0.4, 0.5) is 11.4 Å². The number of aldehydes is 1. The molecule has 5 nitrogen and oxygen atoms in total. The van der Waals surface area contributed by atoms with Crippen molar-refractivity contribution in [1.82, 2.24) is 0 Å². The summed E-state index contributed by atoms with van der Waals surface area (Å²) in [5.74, 6) is 0.400. The molecule has 0 fully saturated rings. The first-order valence-electron chi connectivity index (χ1n) is 6.07. The Morgan fingerprint density at radius 3 is 2.83 bits per heavy atom. The first-order valence-corrected chi connectivity index (χ1v) is 6.07. The summed E-state index contributed by atoms with van der Waals surface area (Å²) >= 11 is 0. The number of rotatable bonds is 5. The minimum Gasteiger partial charge on any atom is -0.387 e. The number of nitrogens with zero attached hydrogens (tertiary/aromatic N) is 1. The van der Waals surface area contributed by atoms with Gasteiger partial charge in [0.1, 0.15) is 12.1 Å². The zero-order valence-electron chi connectivity index (χ0n) is 10.1. The normalized spacial score (nSPS) is 14.4. The van der Waals surface area contributed by atoms with Gasteiger partial charge in [0.2, 0.25) is 0 Å². The van der Waals surface area contributed by atoms with Crippen LogP contribution in [0, 0.1) is 0 Å². The Morgan fingerprint density at radius 2 is 2.17 bits per heavy atom. The molecule has 0 bridgehead atoms. The minimum atomic E-state index is 0.363. The number of carbonyl (C=O) groups is 1. The van der Waals surface area contributed by atoms with Gasteiger partial charge in [-0.15, -0.1) is 0 Å². The Bertz CT molecular complexity index is 483. The quantitative estimate of drug-likeness (QED) is 0.321. The van der Waals surface area contributed by atoms with Gasteiger partial charge in [0, 0.05) is 12.8 Å². The number of hydrogen-bond acceptors (Lipinski definition) is 4. The van der Waals surface area contributed by atoms with Crippen LogP contribution in [0.1, 0.15) is 30.4 Å². The van der Waals surface area contributed by atoms with Gasteiger partial charge in [-0.25, -0.2) is 4.99 Å². The number of nitrogens with one attached hydrogen (secondary N) is 1. The van der Waals surface area contributed by atoms with Gasteiger partial charge >= 0.3 is 0 Å². The summed E-state index contributed by atoms with van der Waals surface area (Å²) in [6, 6.07) is 3.86. The molecule has 0 heterocycles. The zero-order chi connectivity index (χ0) is 13.0. The summed E-state index contributed by atoms with van der Waals surface area (Å²) in [7, 11) is 0. The highest BCUT2D eigenvalue weighted by atomic mass is 16.5. The second-order valence-corrected chi connectivity index (χ2v) is 4.41. The van der Waals surface area contributed by atoms with Crippen molar-refractivity contribution in [2.24, 2.45) is 10.7 Å². The molecule has 0 saturated heterocycles. The number of nitrogens with two attached hydrogens (primary N) is 1. The Labute approximate surface area is 106 Å². The third-order valence-corrected chi connectivity index (χ3v) is 3.11. The van der Waals surface area contributed by atoms with Crippen LogP contribution in [-0.2, 0) is 17.6 Å². The molecule has 1 aliphatic rings. The van der Waals surface area contributed by atoms with Crippen LogP contribution in [0.2, 0.25) is 0 Å². The Morgan fingerprint density at radius 1 is 1.44 bits per heavy atom. The van der Waals surface area contributed by atoms with E-state index in [1.807, 2.05) is 12.1 Å². The maximum atomic E-state index is 10.3. The lowest BCUT2D eigenvalue weighted by molar-refractivity contribution is -0.107. The lowest BCUT2D eigenvalue weighted by Gasteiger charge is -2.08. The lowest BCUT2D eigenvalue weighted by Crippen LogP contribution is -2.11. The predicted molar refractivity (Wildman–Crippen MR) is 70.5 cm³/mol. The summed E-state index contributed by atoms with van der Waals surface area (Å²) in [5, 5.41) is 9.12. The maximum Gasteiger partial charge on any atom is 0.120 e. The largest absolute Gasteiger partial charge is 0.387 e. The van der Waals surface area contributed by atoms with Gasteiger partial charge < -0.3 is 10.5 Å². The molecular formula is C13H17N3O2. The van der Waals surface area contributed by atoms with Crippen molar-refractivity contribution in [2.45, 2.75) is 32.1 Å². The van der Waals surface area contributed by atoms with Crippen molar-refractivity contribution < 1.29 is 10.0 Å². The fourth-order valence-electron chi connectivity index (χ4n) is 2.21. The van der Waals surface area contributed by atoms with Crippen molar-refractivity contribution in [3.05, 3.63) is 23.3 Å². The van der Waals surface area contributed by atoms with E-state index >= 15 is 0 Å². The van der Waals surface area contributed by atoms with Gasteiger partial charge in [-0.3, -0.25) is 10.7 Å². The van der Waals surface area contributed by atoms with E-state index in [4.69, 9.17) is 10.9 Å². The van der Waals surface area contributed by atoms with Gasteiger partial charge in [0.25, 0.3) is 0 Å². The molecule has 0 saturated carbocycles. The average Bonchev–Trinajstić information content (AvgIpc) is 2.82. The molecule has 4 N–H and O–H groups in total. The van der Waals surface area contributed by atoms with E-state index in [0.717, 1.165) is 25.5 Å². The van der Waals surface area contributed by atoms with E-state index in [0.29, 0.717) is 30.1 Å². The van der Waals surface area contributed by atoms with Crippen LogP contribution in [0.15, 0.2) is 17.1 Å². The number of carbonyl (C=O) groups excluding carboxylic acids is 1. The second kappa shape index (κ2) is 5.64. The van der Waals surface area contributed by atoms with Gasteiger partial charge in [-0.1, -0.05) is 0 Å². The number of hydrogen-bond donors (Lipinski definition) is 3. The molecule has 2 rings (SSSR count). The zero-order valence-corrected chi connectivity index (χ0v) is 10.1. The van der Waals surface area contributed by atoms with Crippen molar-refractivity contribution in [2.75, 3.05) is 5.48 Å². The van der Waals surface area contributed by atoms with Crippen molar-refractivity contribution in [3.63, 3.8) is 0 Å². The molecule has 96 valence electrons. The van der Waals surface area contributed by atoms with Crippen LogP contribution in [0.25, 0.3) is 0 Å². The topological polar surface area (TPSA) is 87.7 Å². The number of aryl methyl sites for hydroxylation is 2. The summed E-state index contributed by atoms with van der Waals surface area (Å²) in [6.07, 6.45) is 4.82. The third-order valence-electron chi connectivity index (χ3n) is 3.11. The molecule has 18 heavy (non-hydrogen) atoms. The van der Waals surface area contributed by atoms with Gasteiger partial charge in [0.15, 0.2) is 0 Å². The first-order chi connectivity index (χ1) is 8.74. The monoisotopic (exact) mass is 247 g/mol. The number of anilines is 1. The first kappa shape index (κ1) is 12.6. The summed E-state index contributed by atoms with van der Waals surface area (Å²) in [4.78, 5) is 14.5. The Balaban J connectivity index is 2.29. The number of aliphatic imine (C=N–C) groups is 1. The van der Waals surface area contributed by atoms with E-state index in [1.165, 1.54) is 11.1 Å². The standard InChI is InChI=1S/C13H17N3O2/c14-13(5-2-6-17)15-11-7-9-3-1-4-10(9)8-12(11)16-18/h6-8,16,18H,1-5H2,(H2,14,15). The molecule has 1 aromatic carbocycles. The predicted octanol–water partition coefficient (Wildman–Crippen LogP) is 1.94. The van der Waals surface area contributed by atoms with Crippen LogP contribution < -0.4 is 11.2 Å². The van der Waals surface area contributed by atoms with E-state index in [1.54, 1.807) is 0 Å². The molecule has 1 aliphatic carbocycles. The molecule has 0 spiro atoms. The van der Waals surface area contributed by atoms with E-state index < -0.39 is 0 Å². The average molecular weight is 247 g/mol.